The Morgan fingerprint density at radius 2 is 2.20 bits per heavy atom. The van der Waals surface area contributed by atoms with Gasteiger partial charge in [-0.2, -0.15) is 0 Å². The number of nitrogens with two attached hydrogens (primary N) is 1. The van der Waals surface area contributed by atoms with Crippen LogP contribution in [0, 0.1) is 0 Å². The quantitative estimate of drug-likeness (QED) is 0.870. The summed E-state index contributed by atoms with van der Waals surface area (Å²) in [5.74, 6) is 0.866. The van der Waals surface area contributed by atoms with Gasteiger partial charge >= 0.3 is 0 Å². The fraction of sp³-hybridized carbons (Fsp3) is 0.462. The van der Waals surface area contributed by atoms with Crippen LogP contribution in [0.2, 0.25) is 0 Å². The number of carbonyl (C=O) groups excluding carboxylic acids is 1. The Hall–Kier alpha value is -2.31. The van der Waals surface area contributed by atoms with E-state index in [1.165, 1.54) is 0 Å². The van der Waals surface area contributed by atoms with Crippen molar-refractivity contribution in [1.82, 2.24) is 24.2 Å². The summed E-state index contributed by atoms with van der Waals surface area (Å²) in [7, 11) is 0. The monoisotopic (exact) mass is 272 g/mol. The van der Waals surface area contributed by atoms with Crippen molar-refractivity contribution < 1.29 is 4.79 Å². The van der Waals surface area contributed by atoms with Gasteiger partial charge in [0.15, 0.2) is 5.82 Å². The Morgan fingerprint density at radius 3 is 3.00 bits per heavy atom. The average molecular weight is 272 g/mol. The van der Waals surface area contributed by atoms with Gasteiger partial charge in [-0.05, 0) is 18.9 Å². The molecule has 4 rings (SSSR count). The predicted octanol–water partition coefficient (Wildman–Crippen LogP) is 0.653. The average Bonchev–Trinajstić information content (AvgIpc) is 3.06. The molecule has 20 heavy (non-hydrogen) atoms. The van der Waals surface area contributed by atoms with Crippen LogP contribution in [0.15, 0.2) is 18.6 Å². The third kappa shape index (κ3) is 1.77. The number of nitrogen functional groups attached to an aromatic ring is 1. The number of fused-ring (bicyclic) bond motifs is 1. The number of carbonyl (C=O) groups is 1. The van der Waals surface area contributed by atoms with Crippen molar-refractivity contribution in [3.8, 4) is 0 Å². The third-order valence-electron chi connectivity index (χ3n) is 3.96. The van der Waals surface area contributed by atoms with Crippen molar-refractivity contribution in [3.05, 3.63) is 30.1 Å². The minimum atomic E-state index is 0.0304. The second kappa shape index (κ2) is 4.09. The highest BCUT2D eigenvalue weighted by atomic mass is 16.2. The van der Waals surface area contributed by atoms with E-state index >= 15 is 0 Å². The first kappa shape index (κ1) is 11.5. The van der Waals surface area contributed by atoms with E-state index in [4.69, 9.17) is 5.73 Å². The summed E-state index contributed by atoms with van der Waals surface area (Å²) in [6, 6.07) is 2.22. The van der Waals surface area contributed by atoms with Crippen LogP contribution in [-0.2, 0) is 13.1 Å². The van der Waals surface area contributed by atoms with Crippen molar-refractivity contribution in [3.63, 3.8) is 0 Å². The summed E-state index contributed by atoms with van der Waals surface area (Å²) in [5, 5.41) is 7.93. The van der Waals surface area contributed by atoms with E-state index in [1.807, 2.05) is 20.2 Å². The van der Waals surface area contributed by atoms with Gasteiger partial charge in [-0.25, -0.2) is 0 Å². The Balaban J connectivity index is 1.62. The maximum Gasteiger partial charge on any atom is 0.271 e. The molecule has 1 saturated carbocycles. The topological polar surface area (TPSA) is 82.0 Å². The highest BCUT2D eigenvalue weighted by Gasteiger charge is 2.30. The van der Waals surface area contributed by atoms with Crippen LogP contribution in [-0.4, -0.2) is 36.7 Å². The van der Waals surface area contributed by atoms with Crippen molar-refractivity contribution in [2.24, 2.45) is 0 Å². The number of aromatic nitrogens is 4. The van der Waals surface area contributed by atoms with E-state index in [1.54, 1.807) is 12.4 Å². The van der Waals surface area contributed by atoms with Crippen LogP contribution in [0.1, 0.15) is 35.2 Å². The van der Waals surface area contributed by atoms with Gasteiger partial charge in [0.1, 0.15) is 12.0 Å². The molecule has 3 heterocycles. The van der Waals surface area contributed by atoms with E-state index in [0.717, 1.165) is 25.2 Å². The second-order valence-electron chi connectivity index (χ2n) is 5.46. The molecule has 0 bridgehead atoms. The van der Waals surface area contributed by atoms with E-state index in [9.17, 15) is 4.79 Å². The van der Waals surface area contributed by atoms with Gasteiger partial charge in [-0.3, -0.25) is 4.79 Å². The zero-order chi connectivity index (χ0) is 13.7. The highest BCUT2D eigenvalue weighted by molar-refractivity contribution is 5.94. The zero-order valence-corrected chi connectivity index (χ0v) is 11.1. The maximum absolute atomic E-state index is 12.7. The van der Waals surface area contributed by atoms with Gasteiger partial charge < -0.3 is 19.8 Å². The molecule has 1 aliphatic carbocycles. The lowest BCUT2D eigenvalue weighted by Crippen LogP contribution is -2.39. The first-order valence-corrected chi connectivity index (χ1v) is 6.85. The smallest absolute Gasteiger partial charge is 0.271 e. The molecule has 7 heteroatoms. The van der Waals surface area contributed by atoms with Crippen LogP contribution in [0.25, 0.3) is 0 Å². The maximum atomic E-state index is 12.7. The molecule has 0 aromatic carbocycles. The second-order valence-corrected chi connectivity index (χ2v) is 5.46. The fourth-order valence-electron chi connectivity index (χ4n) is 2.73. The Labute approximate surface area is 116 Å². The molecular formula is C13H16N6O. The molecule has 0 unspecified atom stereocenters. The van der Waals surface area contributed by atoms with Gasteiger partial charge in [0.05, 0.1) is 12.2 Å². The van der Waals surface area contributed by atoms with Crippen molar-refractivity contribution in [2.45, 2.75) is 32.0 Å². The number of hydrogen-bond acceptors (Lipinski definition) is 4. The van der Waals surface area contributed by atoms with Crippen molar-refractivity contribution >= 4 is 11.6 Å². The first-order chi connectivity index (χ1) is 9.72. The predicted molar refractivity (Wildman–Crippen MR) is 71.9 cm³/mol. The molecule has 7 nitrogen and oxygen atoms in total. The normalized spacial score (nSPS) is 18.1. The Morgan fingerprint density at radius 1 is 1.35 bits per heavy atom. The number of hydrogen-bond donors (Lipinski definition) is 1. The number of amides is 1. The van der Waals surface area contributed by atoms with Gasteiger partial charge in [0.2, 0.25) is 0 Å². The molecule has 2 aliphatic rings. The SMILES string of the molecule is Nc1cc(C(=O)N2CCn3cnnc3C2)n(C2CC2)c1. The summed E-state index contributed by atoms with van der Waals surface area (Å²) in [6.07, 6.45) is 5.84. The standard InChI is InChI=1S/C13H16N6O/c14-9-5-11(19(6-9)10-1-2-10)13(20)17-3-4-18-8-15-16-12(18)7-17/h5-6,8,10H,1-4,7,14H2. The van der Waals surface area contributed by atoms with Gasteiger partial charge in [-0.1, -0.05) is 0 Å². The molecular weight excluding hydrogens is 256 g/mol. The van der Waals surface area contributed by atoms with Crippen LogP contribution in [0.3, 0.4) is 0 Å². The Kier molecular flexibility index (Phi) is 2.35. The summed E-state index contributed by atoms with van der Waals surface area (Å²) in [6.45, 7) is 1.93. The largest absolute Gasteiger partial charge is 0.397 e. The molecule has 104 valence electrons. The van der Waals surface area contributed by atoms with E-state index < -0.39 is 0 Å². The van der Waals surface area contributed by atoms with Crippen molar-refractivity contribution in [2.75, 3.05) is 12.3 Å². The molecule has 0 saturated heterocycles. The molecule has 0 radical (unpaired) electrons. The van der Waals surface area contributed by atoms with E-state index in [0.29, 0.717) is 30.5 Å². The molecule has 1 aliphatic heterocycles. The molecule has 0 spiro atoms. The molecule has 0 atom stereocenters. The third-order valence-corrected chi connectivity index (χ3v) is 3.96. The number of nitrogens with zero attached hydrogens (tertiary/aromatic N) is 5. The molecule has 2 aromatic heterocycles. The number of rotatable bonds is 2. The summed E-state index contributed by atoms with van der Waals surface area (Å²) >= 11 is 0. The van der Waals surface area contributed by atoms with Crippen LogP contribution < -0.4 is 5.73 Å². The Bertz CT molecular complexity index is 668. The minimum absolute atomic E-state index is 0.0304. The highest BCUT2D eigenvalue weighted by Crippen LogP contribution is 2.37. The summed E-state index contributed by atoms with van der Waals surface area (Å²) in [4.78, 5) is 14.5. The fourth-order valence-corrected chi connectivity index (χ4v) is 2.73. The summed E-state index contributed by atoms with van der Waals surface area (Å²) < 4.78 is 4.01. The number of anilines is 1. The minimum Gasteiger partial charge on any atom is -0.397 e. The lowest BCUT2D eigenvalue weighted by Gasteiger charge is -2.27. The van der Waals surface area contributed by atoms with Gasteiger partial charge in [0, 0.05) is 25.3 Å². The van der Waals surface area contributed by atoms with Gasteiger partial charge in [-0.15, -0.1) is 10.2 Å². The van der Waals surface area contributed by atoms with Crippen LogP contribution >= 0.6 is 0 Å². The van der Waals surface area contributed by atoms with Crippen LogP contribution in [0.4, 0.5) is 5.69 Å². The molecule has 2 aromatic rings. The molecule has 1 amide bonds. The first-order valence-electron chi connectivity index (χ1n) is 6.85. The van der Waals surface area contributed by atoms with Gasteiger partial charge in [0.25, 0.3) is 5.91 Å². The molecule has 1 fully saturated rings. The van der Waals surface area contributed by atoms with Crippen LogP contribution in [0.5, 0.6) is 0 Å². The van der Waals surface area contributed by atoms with E-state index in [2.05, 4.69) is 10.2 Å². The lowest BCUT2D eigenvalue weighted by molar-refractivity contribution is 0.0696. The van der Waals surface area contributed by atoms with E-state index in [-0.39, 0.29) is 5.91 Å². The zero-order valence-electron chi connectivity index (χ0n) is 11.1. The summed E-state index contributed by atoms with van der Waals surface area (Å²) in [5.41, 5.74) is 7.20. The lowest BCUT2D eigenvalue weighted by atomic mass is 10.3. The molecule has 2 N–H and O–H groups in total. The van der Waals surface area contributed by atoms with Crippen molar-refractivity contribution in [1.29, 1.82) is 0 Å².